The summed E-state index contributed by atoms with van der Waals surface area (Å²) in [7, 11) is -0.844. The van der Waals surface area contributed by atoms with E-state index in [0.29, 0.717) is 12.2 Å². The average molecular weight is 324 g/mol. The van der Waals surface area contributed by atoms with Gasteiger partial charge in [0.05, 0.1) is 4.92 Å². The number of nitro groups is 1. The standard InChI is InChI=1S/C15H20N2O4S/c1-2-22(21)14-8-4-6-12(10-14)16-15(18)11-5-3-7-13(9-11)17(19)20/h3,5,7,9,12,14H,2,4,6,8,10H2,1H3,(H,16,18)/t12-,14-,22+/m0/s1. The Balaban J connectivity index is 2.01. The second-order valence-corrected chi connectivity index (χ2v) is 7.44. The molecule has 1 aliphatic carbocycles. The first-order chi connectivity index (χ1) is 10.5. The zero-order chi connectivity index (χ0) is 16.1. The van der Waals surface area contributed by atoms with Crippen LogP contribution in [0.15, 0.2) is 24.3 Å². The van der Waals surface area contributed by atoms with E-state index in [1.165, 1.54) is 18.2 Å². The molecule has 1 saturated carbocycles. The molecular formula is C15H20N2O4S. The van der Waals surface area contributed by atoms with Gasteiger partial charge in [-0.15, -0.1) is 0 Å². The van der Waals surface area contributed by atoms with Gasteiger partial charge >= 0.3 is 0 Å². The van der Waals surface area contributed by atoms with E-state index in [9.17, 15) is 19.1 Å². The van der Waals surface area contributed by atoms with Crippen LogP contribution in [0.25, 0.3) is 0 Å². The third-order valence-corrected chi connectivity index (χ3v) is 5.68. The number of non-ortho nitro benzene ring substituents is 1. The monoisotopic (exact) mass is 324 g/mol. The number of nitrogens with zero attached hydrogens (tertiary/aromatic N) is 1. The fourth-order valence-corrected chi connectivity index (χ4v) is 4.13. The lowest BCUT2D eigenvalue weighted by atomic mass is 9.94. The predicted octanol–water partition coefficient (Wildman–Crippen LogP) is 2.40. The van der Waals surface area contributed by atoms with E-state index >= 15 is 0 Å². The normalized spacial score (nSPS) is 22.8. The Morgan fingerprint density at radius 1 is 1.45 bits per heavy atom. The molecule has 0 aromatic heterocycles. The molecule has 1 aliphatic rings. The molecule has 3 atom stereocenters. The van der Waals surface area contributed by atoms with Crippen LogP contribution in [0.1, 0.15) is 43.0 Å². The molecule has 1 fully saturated rings. The fraction of sp³-hybridized carbons (Fsp3) is 0.533. The molecule has 0 saturated heterocycles. The summed E-state index contributed by atoms with van der Waals surface area (Å²) < 4.78 is 11.9. The Labute approximate surface area is 131 Å². The number of carbonyl (C=O) groups is 1. The van der Waals surface area contributed by atoms with Crippen LogP contribution in [0, 0.1) is 10.1 Å². The summed E-state index contributed by atoms with van der Waals surface area (Å²) in [5, 5.41) is 13.8. The highest BCUT2D eigenvalue weighted by molar-refractivity contribution is 7.85. The van der Waals surface area contributed by atoms with Gasteiger partial charge in [-0.25, -0.2) is 0 Å². The summed E-state index contributed by atoms with van der Waals surface area (Å²) in [5.74, 6) is 0.326. The third kappa shape index (κ3) is 4.13. The zero-order valence-electron chi connectivity index (χ0n) is 12.5. The van der Waals surface area contributed by atoms with Gasteiger partial charge in [-0.2, -0.15) is 0 Å². The molecule has 2 rings (SSSR count). The molecule has 1 amide bonds. The quantitative estimate of drug-likeness (QED) is 0.665. The zero-order valence-corrected chi connectivity index (χ0v) is 13.3. The lowest BCUT2D eigenvalue weighted by molar-refractivity contribution is -0.384. The highest BCUT2D eigenvalue weighted by atomic mass is 32.2. The van der Waals surface area contributed by atoms with Crippen LogP contribution in [-0.2, 0) is 10.8 Å². The molecule has 0 bridgehead atoms. The Morgan fingerprint density at radius 3 is 2.91 bits per heavy atom. The number of nitrogens with one attached hydrogen (secondary N) is 1. The van der Waals surface area contributed by atoms with Crippen molar-refractivity contribution in [3.63, 3.8) is 0 Å². The summed E-state index contributed by atoms with van der Waals surface area (Å²) in [4.78, 5) is 22.5. The first kappa shape index (κ1) is 16.6. The Morgan fingerprint density at radius 2 is 2.23 bits per heavy atom. The highest BCUT2D eigenvalue weighted by Gasteiger charge is 2.26. The summed E-state index contributed by atoms with van der Waals surface area (Å²) in [6.07, 6.45) is 3.44. The maximum absolute atomic E-state index is 12.2. The number of nitro benzene ring substituents is 1. The Bertz CT molecular complexity index is 591. The Kier molecular flexibility index (Phi) is 5.65. The van der Waals surface area contributed by atoms with Crippen molar-refractivity contribution in [1.82, 2.24) is 5.32 Å². The highest BCUT2D eigenvalue weighted by Crippen LogP contribution is 2.23. The molecule has 0 spiro atoms. The molecule has 120 valence electrons. The fourth-order valence-electron chi connectivity index (χ4n) is 2.78. The van der Waals surface area contributed by atoms with Gasteiger partial charge in [0.15, 0.2) is 0 Å². The van der Waals surface area contributed by atoms with E-state index in [2.05, 4.69) is 5.32 Å². The van der Waals surface area contributed by atoms with Gasteiger partial charge in [0.1, 0.15) is 0 Å². The summed E-state index contributed by atoms with van der Waals surface area (Å²) in [6.45, 7) is 1.90. The van der Waals surface area contributed by atoms with E-state index in [0.717, 1.165) is 19.3 Å². The van der Waals surface area contributed by atoms with Crippen molar-refractivity contribution in [2.24, 2.45) is 0 Å². The lowest BCUT2D eigenvalue weighted by Gasteiger charge is -2.29. The van der Waals surface area contributed by atoms with Gasteiger partial charge < -0.3 is 5.32 Å². The van der Waals surface area contributed by atoms with Gasteiger partial charge in [-0.05, 0) is 25.3 Å². The maximum Gasteiger partial charge on any atom is 0.270 e. The van der Waals surface area contributed by atoms with Crippen LogP contribution in [0.2, 0.25) is 0 Å². The molecule has 0 aliphatic heterocycles. The Hall–Kier alpha value is -1.76. The third-order valence-electron chi connectivity index (χ3n) is 3.94. The van der Waals surface area contributed by atoms with Crippen LogP contribution < -0.4 is 5.32 Å². The second kappa shape index (κ2) is 7.49. The molecule has 1 aromatic carbocycles. The van der Waals surface area contributed by atoms with E-state index in [-0.39, 0.29) is 28.4 Å². The van der Waals surface area contributed by atoms with Crippen molar-refractivity contribution >= 4 is 22.4 Å². The van der Waals surface area contributed by atoms with Gasteiger partial charge in [-0.1, -0.05) is 19.4 Å². The van der Waals surface area contributed by atoms with Crippen LogP contribution in [0.4, 0.5) is 5.69 Å². The molecule has 0 heterocycles. The van der Waals surface area contributed by atoms with E-state index in [1.54, 1.807) is 6.07 Å². The van der Waals surface area contributed by atoms with Crippen LogP contribution in [0.3, 0.4) is 0 Å². The predicted molar refractivity (Wildman–Crippen MR) is 85.3 cm³/mol. The number of benzene rings is 1. The number of rotatable bonds is 5. The van der Waals surface area contributed by atoms with Crippen molar-refractivity contribution in [1.29, 1.82) is 0 Å². The summed E-state index contributed by atoms with van der Waals surface area (Å²) in [5.41, 5.74) is 0.189. The molecule has 0 radical (unpaired) electrons. The number of hydrogen-bond donors (Lipinski definition) is 1. The summed E-state index contributed by atoms with van der Waals surface area (Å²) >= 11 is 0. The van der Waals surface area contributed by atoms with Crippen molar-refractivity contribution in [3.8, 4) is 0 Å². The molecular weight excluding hydrogens is 304 g/mol. The molecule has 1 N–H and O–H groups in total. The smallest absolute Gasteiger partial charge is 0.270 e. The van der Waals surface area contributed by atoms with Crippen molar-refractivity contribution < 1.29 is 13.9 Å². The van der Waals surface area contributed by atoms with Gasteiger partial charge in [0.2, 0.25) is 0 Å². The SMILES string of the molecule is CC[S@@](=O)[C@H]1CCC[C@H](NC(=O)c2cccc([N+](=O)[O-])c2)C1. The first-order valence-corrected chi connectivity index (χ1v) is 8.82. The second-order valence-electron chi connectivity index (χ2n) is 5.44. The van der Waals surface area contributed by atoms with Crippen molar-refractivity contribution in [3.05, 3.63) is 39.9 Å². The van der Waals surface area contributed by atoms with Gasteiger partial charge in [0, 0.05) is 45.5 Å². The minimum absolute atomic E-state index is 0.0130. The minimum Gasteiger partial charge on any atom is -0.349 e. The van der Waals surface area contributed by atoms with E-state index < -0.39 is 15.7 Å². The average Bonchev–Trinajstić information content (AvgIpc) is 2.54. The van der Waals surface area contributed by atoms with Gasteiger partial charge in [0.25, 0.3) is 11.6 Å². The molecule has 22 heavy (non-hydrogen) atoms. The van der Waals surface area contributed by atoms with Gasteiger partial charge in [-0.3, -0.25) is 19.1 Å². The summed E-state index contributed by atoms with van der Waals surface area (Å²) in [6, 6.07) is 5.69. The lowest BCUT2D eigenvalue weighted by Crippen LogP contribution is -2.41. The minimum atomic E-state index is -0.844. The number of amides is 1. The molecule has 1 aromatic rings. The molecule has 0 unspecified atom stereocenters. The topological polar surface area (TPSA) is 89.3 Å². The first-order valence-electron chi connectivity index (χ1n) is 7.43. The number of carbonyl (C=O) groups excluding carboxylic acids is 1. The largest absolute Gasteiger partial charge is 0.349 e. The van der Waals surface area contributed by atoms with Crippen molar-refractivity contribution in [2.45, 2.75) is 43.9 Å². The molecule has 7 heteroatoms. The van der Waals surface area contributed by atoms with Crippen LogP contribution >= 0.6 is 0 Å². The van der Waals surface area contributed by atoms with Crippen molar-refractivity contribution in [2.75, 3.05) is 5.75 Å². The van der Waals surface area contributed by atoms with E-state index in [4.69, 9.17) is 0 Å². The van der Waals surface area contributed by atoms with E-state index in [1.807, 2.05) is 6.92 Å². The number of hydrogen-bond acceptors (Lipinski definition) is 4. The maximum atomic E-state index is 12.2. The van der Waals surface area contributed by atoms with Crippen LogP contribution in [0.5, 0.6) is 0 Å². The van der Waals surface area contributed by atoms with Crippen LogP contribution in [-0.4, -0.2) is 32.1 Å². The molecule has 6 nitrogen and oxygen atoms in total.